The predicted octanol–water partition coefficient (Wildman–Crippen LogP) is 2.86. The molecule has 1 aromatic carbocycles. The number of aryl methyl sites for hydroxylation is 1. The van der Waals surface area contributed by atoms with Crippen molar-refractivity contribution in [3.63, 3.8) is 0 Å². The van der Waals surface area contributed by atoms with Crippen molar-refractivity contribution in [3.8, 4) is 17.7 Å². The van der Waals surface area contributed by atoms with Crippen molar-refractivity contribution >= 4 is 23.2 Å². The first-order valence-electron chi connectivity index (χ1n) is 5.82. The van der Waals surface area contributed by atoms with Gasteiger partial charge in [0.25, 0.3) is 5.95 Å². The lowest BCUT2D eigenvalue weighted by molar-refractivity contribution is 0.437. The smallest absolute Gasteiger partial charge is 0.328 e. The van der Waals surface area contributed by atoms with Gasteiger partial charge in [-0.05, 0) is 36.2 Å². The third kappa shape index (κ3) is 3.09. The van der Waals surface area contributed by atoms with E-state index in [9.17, 15) is 0 Å². The van der Waals surface area contributed by atoms with Crippen molar-refractivity contribution in [2.75, 3.05) is 0 Å². The number of hydrogen-bond acceptors (Lipinski definition) is 6. The Kier molecular flexibility index (Phi) is 3.68. The van der Waals surface area contributed by atoms with Crippen LogP contribution in [-0.4, -0.2) is 29.7 Å². The summed E-state index contributed by atoms with van der Waals surface area (Å²) in [6, 6.07) is 5.40. The fourth-order valence-electron chi connectivity index (χ4n) is 1.57. The van der Waals surface area contributed by atoms with E-state index < -0.39 is 0 Å². The Bertz CT molecular complexity index is 777. The van der Waals surface area contributed by atoms with Crippen molar-refractivity contribution in [2.45, 2.75) is 6.92 Å². The van der Waals surface area contributed by atoms with Crippen LogP contribution < -0.4 is 4.74 Å². The number of rotatable bonds is 3. The molecule has 0 bridgehead atoms. The lowest BCUT2D eigenvalue weighted by Gasteiger charge is -2.07. The van der Waals surface area contributed by atoms with Crippen molar-refractivity contribution in [1.82, 2.24) is 29.7 Å². The van der Waals surface area contributed by atoms with Gasteiger partial charge in [0.05, 0.1) is 5.02 Å². The lowest BCUT2D eigenvalue weighted by atomic mass is 10.2. The molecule has 2 aromatic heterocycles. The highest BCUT2D eigenvalue weighted by molar-refractivity contribution is 6.32. The number of halogens is 2. The summed E-state index contributed by atoms with van der Waals surface area (Å²) in [6.45, 7) is 1.92. The van der Waals surface area contributed by atoms with Gasteiger partial charge in [-0.2, -0.15) is 24.7 Å². The monoisotopic (exact) mass is 322 g/mol. The van der Waals surface area contributed by atoms with E-state index in [1.165, 1.54) is 17.3 Å². The van der Waals surface area contributed by atoms with E-state index in [-0.39, 0.29) is 17.2 Å². The van der Waals surface area contributed by atoms with E-state index in [1.807, 2.05) is 13.0 Å². The highest BCUT2D eigenvalue weighted by Gasteiger charge is 2.11. The van der Waals surface area contributed by atoms with Crippen LogP contribution in [0.2, 0.25) is 10.3 Å². The first kappa shape index (κ1) is 13.7. The lowest BCUT2D eigenvalue weighted by Crippen LogP contribution is -2.05. The van der Waals surface area contributed by atoms with Gasteiger partial charge in [0.1, 0.15) is 18.4 Å². The summed E-state index contributed by atoms with van der Waals surface area (Å²) in [5.74, 6) is 0.634. The van der Waals surface area contributed by atoms with Crippen LogP contribution in [0.15, 0.2) is 30.9 Å². The summed E-state index contributed by atoms with van der Waals surface area (Å²) in [7, 11) is 0. The van der Waals surface area contributed by atoms with Crippen LogP contribution in [0.25, 0.3) is 5.95 Å². The van der Waals surface area contributed by atoms with Crippen LogP contribution in [0.3, 0.4) is 0 Å². The summed E-state index contributed by atoms with van der Waals surface area (Å²) < 4.78 is 6.91. The predicted molar refractivity (Wildman–Crippen MR) is 76.0 cm³/mol. The molecule has 0 amide bonds. The summed E-state index contributed by atoms with van der Waals surface area (Å²) in [5.41, 5.74) is 0.992. The minimum Gasteiger partial charge on any atom is -0.423 e. The quantitative estimate of drug-likeness (QED) is 0.737. The van der Waals surface area contributed by atoms with E-state index in [1.54, 1.807) is 12.1 Å². The summed E-state index contributed by atoms with van der Waals surface area (Å²) in [6.07, 6.45) is 2.80. The Labute approximate surface area is 129 Å². The van der Waals surface area contributed by atoms with Crippen LogP contribution in [0, 0.1) is 6.92 Å². The van der Waals surface area contributed by atoms with E-state index in [0.29, 0.717) is 10.8 Å². The van der Waals surface area contributed by atoms with E-state index in [0.717, 1.165) is 5.56 Å². The van der Waals surface area contributed by atoms with Gasteiger partial charge >= 0.3 is 6.01 Å². The molecule has 21 heavy (non-hydrogen) atoms. The standard InChI is InChI=1S/C12H8Cl2N6O/c1-7-2-3-8(13)9(4-7)21-12-18-10(14)17-11(19-12)20-6-15-5-16-20/h2-6H,1H3. The van der Waals surface area contributed by atoms with Crippen molar-refractivity contribution in [1.29, 1.82) is 0 Å². The fraction of sp³-hybridized carbons (Fsp3) is 0.0833. The topological polar surface area (TPSA) is 78.6 Å². The van der Waals surface area contributed by atoms with Crippen LogP contribution >= 0.6 is 23.2 Å². The third-order valence-electron chi connectivity index (χ3n) is 2.49. The highest BCUT2D eigenvalue weighted by atomic mass is 35.5. The molecule has 0 spiro atoms. The number of hydrogen-bond donors (Lipinski definition) is 0. The van der Waals surface area contributed by atoms with Gasteiger partial charge in [-0.1, -0.05) is 17.7 Å². The molecule has 0 saturated heterocycles. The second-order valence-electron chi connectivity index (χ2n) is 4.06. The summed E-state index contributed by atoms with van der Waals surface area (Å²) in [5, 5.41) is 4.34. The molecule has 0 N–H and O–H groups in total. The molecule has 0 radical (unpaired) electrons. The Morgan fingerprint density at radius 1 is 1.14 bits per heavy atom. The molecular formula is C12H8Cl2N6O. The van der Waals surface area contributed by atoms with Gasteiger partial charge in [0.15, 0.2) is 0 Å². The van der Waals surface area contributed by atoms with E-state index in [2.05, 4.69) is 25.0 Å². The summed E-state index contributed by atoms with van der Waals surface area (Å²) >= 11 is 11.9. The van der Waals surface area contributed by atoms with Crippen LogP contribution in [0.5, 0.6) is 11.8 Å². The molecule has 0 aliphatic heterocycles. The number of ether oxygens (including phenoxy) is 1. The zero-order valence-electron chi connectivity index (χ0n) is 10.7. The van der Waals surface area contributed by atoms with Crippen molar-refractivity contribution in [2.24, 2.45) is 0 Å². The molecule has 3 aromatic rings. The van der Waals surface area contributed by atoms with E-state index >= 15 is 0 Å². The average Bonchev–Trinajstić information content (AvgIpc) is 2.96. The largest absolute Gasteiger partial charge is 0.423 e. The average molecular weight is 323 g/mol. The molecule has 9 heteroatoms. The Morgan fingerprint density at radius 3 is 2.76 bits per heavy atom. The molecule has 3 rings (SSSR count). The Hall–Kier alpha value is -2.25. The van der Waals surface area contributed by atoms with Gasteiger partial charge in [-0.3, -0.25) is 0 Å². The van der Waals surface area contributed by atoms with Crippen LogP contribution in [-0.2, 0) is 0 Å². The molecule has 0 atom stereocenters. The van der Waals surface area contributed by atoms with E-state index in [4.69, 9.17) is 27.9 Å². The van der Waals surface area contributed by atoms with Gasteiger partial charge in [0.2, 0.25) is 5.28 Å². The zero-order chi connectivity index (χ0) is 14.8. The van der Waals surface area contributed by atoms with Crippen molar-refractivity contribution < 1.29 is 4.74 Å². The third-order valence-corrected chi connectivity index (χ3v) is 2.97. The Balaban J connectivity index is 1.97. The first-order chi connectivity index (χ1) is 10.1. The fourth-order valence-corrected chi connectivity index (χ4v) is 1.87. The Morgan fingerprint density at radius 2 is 2.00 bits per heavy atom. The minimum atomic E-state index is -0.0192. The molecule has 0 unspecified atom stereocenters. The van der Waals surface area contributed by atoms with Crippen LogP contribution in [0.1, 0.15) is 5.56 Å². The molecule has 0 fully saturated rings. The van der Waals surface area contributed by atoms with Gasteiger partial charge in [-0.25, -0.2) is 4.98 Å². The zero-order valence-corrected chi connectivity index (χ0v) is 12.2. The summed E-state index contributed by atoms with van der Waals surface area (Å²) in [4.78, 5) is 15.8. The number of nitrogens with zero attached hydrogens (tertiary/aromatic N) is 6. The first-order valence-corrected chi connectivity index (χ1v) is 6.58. The number of aromatic nitrogens is 6. The van der Waals surface area contributed by atoms with Crippen molar-refractivity contribution in [3.05, 3.63) is 46.7 Å². The molecular weight excluding hydrogens is 315 g/mol. The maximum atomic E-state index is 6.07. The molecule has 0 aliphatic rings. The van der Waals surface area contributed by atoms with Gasteiger partial charge < -0.3 is 4.74 Å². The minimum absolute atomic E-state index is 0.0192. The molecule has 0 saturated carbocycles. The van der Waals surface area contributed by atoms with Gasteiger partial charge in [0, 0.05) is 0 Å². The molecule has 106 valence electrons. The highest BCUT2D eigenvalue weighted by Crippen LogP contribution is 2.29. The maximum Gasteiger partial charge on any atom is 0.328 e. The molecule has 7 nitrogen and oxygen atoms in total. The van der Waals surface area contributed by atoms with Gasteiger partial charge in [-0.15, -0.1) is 0 Å². The second-order valence-corrected chi connectivity index (χ2v) is 4.81. The second kappa shape index (κ2) is 5.63. The van der Waals surface area contributed by atoms with Crippen LogP contribution in [0.4, 0.5) is 0 Å². The SMILES string of the molecule is Cc1ccc(Cl)c(Oc2nc(Cl)nc(-n3cncn3)n2)c1. The maximum absolute atomic E-state index is 6.07. The molecule has 2 heterocycles. The molecule has 0 aliphatic carbocycles. The normalized spacial score (nSPS) is 10.6. The number of benzene rings is 1.